The minimum Gasteiger partial charge on any atom is -0.399 e. The molecule has 0 saturated carbocycles. The first-order chi connectivity index (χ1) is 9.10. The third kappa shape index (κ3) is 3.71. The quantitative estimate of drug-likeness (QED) is 0.845. The van der Waals surface area contributed by atoms with E-state index in [4.69, 9.17) is 5.73 Å². The van der Waals surface area contributed by atoms with Crippen molar-refractivity contribution in [2.24, 2.45) is 0 Å². The Kier molecular flexibility index (Phi) is 4.83. The van der Waals surface area contributed by atoms with Crippen molar-refractivity contribution >= 4 is 5.69 Å². The number of rotatable bonds is 4. The standard InChI is InChI=1S/C16H27N3/c1-4-19-9-7-15(8-10-19)18(3)12-14-5-6-16(17)13(2)11-14/h5-6,11,15H,4,7-10,12,17H2,1-3H3. The fourth-order valence-electron chi connectivity index (χ4n) is 2.93. The molecule has 0 radical (unpaired) electrons. The number of anilines is 1. The molecule has 0 atom stereocenters. The second-order valence-electron chi connectivity index (χ2n) is 5.77. The average molecular weight is 261 g/mol. The highest BCUT2D eigenvalue weighted by Gasteiger charge is 2.21. The monoisotopic (exact) mass is 261 g/mol. The summed E-state index contributed by atoms with van der Waals surface area (Å²) < 4.78 is 0. The zero-order valence-corrected chi connectivity index (χ0v) is 12.5. The molecular weight excluding hydrogens is 234 g/mol. The Morgan fingerprint density at radius 1 is 1.32 bits per heavy atom. The summed E-state index contributed by atoms with van der Waals surface area (Å²) in [6.45, 7) is 9.03. The molecule has 19 heavy (non-hydrogen) atoms. The van der Waals surface area contributed by atoms with Gasteiger partial charge in [-0.05, 0) is 63.6 Å². The van der Waals surface area contributed by atoms with Gasteiger partial charge in [-0.15, -0.1) is 0 Å². The highest BCUT2D eigenvalue weighted by Crippen LogP contribution is 2.19. The maximum atomic E-state index is 5.87. The Morgan fingerprint density at radius 3 is 2.58 bits per heavy atom. The molecule has 3 nitrogen and oxygen atoms in total. The van der Waals surface area contributed by atoms with Gasteiger partial charge in [0.05, 0.1) is 0 Å². The highest BCUT2D eigenvalue weighted by atomic mass is 15.2. The summed E-state index contributed by atoms with van der Waals surface area (Å²) in [6, 6.07) is 7.12. The largest absolute Gasteiger partial charge is 0.399 e. The zero-order valence-electron chi connectivity index (χ0n) is 12.5. The predicted octanol–water partition coefficient (Wildman–Crippen LogP) is 2.49. The molecule has 1 aliphatic rings. The maximum Gasteiger partial charge on any atom is 0.0343 e. The first kappa shape index (κ1) is 14.4. The molecule has 1 aromatic carbocycles. The Balaban J connectivity index is 1.90. The summed E-state index contributed by atoms with van der Waals surface area (Å²) in [5, 5.41) is 0. The Hall–Kier alpha value is -1.06. The lowest BCUT2D eigenvalue weighted by atomic mass is 10.0. The molecule has 1 aliphatic heterocycles. The van der Waals surface area contributed by atoms with Gasteiger partial charge in [0, 0.05) is 18.3 Å². The number of benzene rings is 1. The molecule has 2 rings (SSSR count). The molecule has 0 aromatic heterocycles. The number of nitrogens with zero attached hydrogens (tertiary/aromatic N) is 2. The molecule has 106 valence electrons. The van der Waals surface area contributed by atoms with Gasteiger partial charge < -0.3 is 10.6 Å². The first-order valence-corrected chi connectivity index (χ1v) is 7.37. The van der Waals surface area contributed by atoms with Crippen molar-refractivity contribution in [1.29, 1.82) is 0 Å². The second-order valence-corrected chi connectivity index (χ2v) is 5.77. The normalized spacial score (nSPS) is 18.1. The van der Waals surface area contributed by atoms with E-state index in [1.54, 1.807) is 0 Å². The molecule has 0 bridgehead atoms. The van der Waals surface area contributed by atoms with Gasteiger partial charge in [0.15, 0.2) is 0 Å². The number of likely N-dealkylation sites (tertiary alicyclic amines) is 1. The summed E-state index contributed by atoms with van der Waals surface area (Å²) in [4.78, 5) is 5.04. The number of hydrogen-bond acceptors (Lipinski definition) is 3. The van der Waals surface area contributed by atoms with Crippen LogP contribution in [0.3, 0.4) is 0 Å². The van der Waals surface area contributed by atoms with Gasteiger partial charge in [-0.1, -0.05) is 19.1 Å². The first-order valence-electron chi connectivity index (χ1n) is 7.37. The Morgan fingerprint density at radius 2 is 2.00 bits per heavy atom. The van der Waals surface area contributed by atoms with Crippen molar-refractivity contribution in [2.75, 3.05) is 32.4 Å². The molecule has 1 aromatic rings. The zero-order chi connectivity index (χ0) is 13.8. The minimum absolute atomic E-state index is 0.723. The van der Waals surface area contributed by atoms with E-state index in [0.29, 0.717) is 0 Å². The van der Waals surface area contributed by atoms with Crippen molar-refractivity contribution in [2.45, 2.75) is 39.3 Å². The van der Waals surface area contributed by atoms with E-state index in [0.717, 1.165) is 18.3 Å². The molecule has 0 spiro atoms. The molecule has 1 saturated heterocycles. The predicted molar refractivity (Wildman–Crippen MR) is 82.2 cm³/mol. The van der Waals surface area contributed by atoms with Crippen molar-refractivity contribution < 1.29 is 0 Å². The molecular formula is C16H27N3. The van der Waals surface area contributed by atoms with E-state index in [1.165, 1.54) is 43.6 Å². The summed E-state index contributed by atoms with van der Waals surface area (Å²) in [5.74, 6) is 0. The van der Waals surface area contributed by atoms with Crippen LogP contribution in [-0.4, -0.2) is 42.5 Å². The summed E-state index contributed by atoms with van der Waals surface area (Å²) in [7, 11) is 2.25. The second kappa shape index (κ2) is 6.40. The number of nitrogens with two attached hydrogens (primary N) is 1. The van der Waals surface area contributed by atoms with Crippen molar-refractivity contribution in [3.8, 4) is 0 Å². The van der Waals surface area contributed by atoms with E-state index in [1.807, 2.05) is 6.07 Å². The topological polar surface area (TPSA) is 32.5 Å². The van der Waals surface area contributed by atoms with E-state index < -0.39 is 0 Å². The van der Waals surface area contributed by atoms with Gasteiger partial charge >= 0.3 is 0 Å². The van der Waals surface area contributed by atoms with Crippen LogP contribution in [-0.2, 0) is 6.54 Å². The van der Waals surface area contributed by atoms with Crippen LogP contribution in [0.15, 0.2) is 18.2 Å². The molecule has 2 N–H and O–H groups in total. The third-order valence-electron chi connectivity index (χ3n) is 4.39. The molecule has 1 fully saturated rings. The van der Waals surface area contributed by atoms with Gasteiger partial charge in [0.1, 0.15) is 0 Å². The molecule has 3 heteroatoms. The van der Waals surface area contributed by atoms with E-state index >= 15 is 0 Å². The van der Waals surface area contributed by atoms with E-state index in [2.05, 4.69) is 42.8 Å². The number of piperidine rings is 1. The Labute approximate surface area is 117 Å². The Bertz CT molecular complexity index is 408. The lowest BCUT2D eigenvalue weighted by Crippen LogP contribution is -2.42. The van der Waals surface area contributed by atoms with Gasteiger partial charge in [-0.2, -0.15) is 0 Å². The van der Waals surface area contributed by atoms with Crippen LogP contribution in [0, 0.1) is 6.92 Å². The van der Waals surface area contributed by atoms with E-state index in [9.17, 15) is 0 Å². The van der Waals surface area contributed by atoms with Gasteiger partial charge in [-0.3, -0.25) is 4.90 Å². The average Bonchev–Trinajstić information content (AvgIpc) is 2.43. The molecule has 0 aliphatic carbocycles. The van der Waals surface area contributed by atoms with Crippen LogP contribution in [0.25, 0.3) is 0 Å². The molecule has 1 heterocycles. The summed E-state index contributed by atoms with van der Waals surface area (Å²) in [5.41, 5.74) is 9.32. The fraction of sp³-hybridized carbons (Fsp3) is 0.625. The third-order valence-corrected chi connectivity index (χ3v) is 4.39. The number of hydrogen-bond donors (Lipinski definition) is 1. The number of nitrogen functional groups attached to an aromatic ring is 1. The van der Waals surface area contributed by atoms with Gasteiger partial charge in [-0.25, -0.2) is 0 Å². The van der Waals surface area contributed by atoms with Crippen molar-refractivity contribution in [3.05, 3.63) is 29.3 Å². The maximum absolute atomic E-state index is 5.87. The van der Waals surface area contributed by atoms with Gasteiger partial charge in [0.2, 0.25) is 0 Å². The fourth-order valence-corrected chi connectivity index (χ4v) is 2.93. The van der Waals surface area contributed by atoms with Crippen LogP contribution < -0.4 is 5.73 Å². The smallest absolute Gasteiger partial charge is 0.0343 e. The van der Waals surface area contributed by atoms with Crippen molar-refractivity contribution in [1.82, 2.24) is 9.80 Å². The summed E-state index contributed by atoms with van der Waals surface area (Å²) >= 11 is 0. The molecule has 0 unspecified atom stereocenters. The highest BCUT2D eigenvalue weighted by molar-refractivity contribution is 5.47. The molecule has 0 amide bonds. The lowest BCUT2D eigenvalue weighted by Gasteiger charge is -2.36. The minimum atomic E-state index is 0.723. The van der Waals surface area contributed by atoms with Crippen LogP contribution in [0.4, 0.5) is 5.69 Å². The number of aryl methyl sites for hydroxylation is 1. The van der Waals surface area contributed by atoms with Crippen LogP contribution in [0.5, 0.6) is 0 Å². The van der Waals surface area contributed by atoms with Gasteiger partial charge in [0.25, 0.3) is 0 Å². The van der Waals surface area contributed by atoms with Crippen LogP contribution in [0.2, 0.25) is 0 Å². The van der Waals surface area contributed by atoms with Crippen molar-refractivity contribution in [3.63, 3.8) is 0 Å². The lowest BCUT2D eigenvalue weighted by molar-refractivity contribution is 0.127. The van der Waals surface area contributed by atoms with E-state index in [-0.39, 0.29) is 0 Å². The van der Waals surface area contributed by atoms with Crippen LogP contribution >= 0.6 is 0 Å². The van der Waals surface area contributed by atoms with Crippen LogP contribution in [0.1, 0.15) is 30.9 Å². The SMILES string of the molecule is CCN1CCC(N(C)Cc2ccc(N)c(C)c2)CC1. The summed E-state index contributed by atoms with van der Waals surface area (Å²) in [6.07, 6.45) is 2.58.